The zero-order chi connectivity index (χ0) is 14.2. The predicted molar refractivity (Wildman–Crippen MR) is 78.7 cm³/mol. The van der Waals surface area contributed by atoms with Gasteiger partial charge in [0.2, 0.25) is 0 Å². The van der Waals surface area contributed by atoms with Gasteiger partial charge in [-0.3, -0.25) is 0 Å². The van der Waals surface area contributed by atoms with E-state index >= 15 is 0 Å². The van der Waals surface area contributed by atoms with Crippen LogP contribution in [0.4, 0.5) is 0 Å². The largest absolute Gasteiger partial charge is 0.389 e. The summed E-state index contributed by atoms with van der Waals surface area (Å²) in [5.41, 5.74) is -0.451. The summed E-state index contributed by atoms with van der Waals surface area (Å²) < 4.78 is 12.0. The molecule has 3 rings (SSSR count). The molecule has 0 amide bonds. The van der Waals surface area contributed by atoms with Crippen molar-refractivity contribution in [1.82, 2.24) is 0 Å². The first-order valence-electron chi connectivity index (χ1n) is 8.53. The molecule has 1 N–H and O–H groups in total. The highest BCUT2D eigenvalue weighted by molar-refractivity contribution is 4.99. The topological polar surface area (TPSA) is 38.7 Å². The molecule has 20 heavy (non-hydrogen) atoms. The number of ether oxygens (including phenoxy) is 2. The molecule has 0 bridgehead atoms. The summed E-state index contributed by atoms with van der Waals surface area (Å²) >= 11 is 0. The highest BCUT2D eigenvalue weighted by Crippen LogP contribution is 2.47. The third kappa shape index (κ3) is 2.90. The number of aliphatic hydroxyl groups is 1. The SMILES string of the molecule is CC1CC(O)(C2CCOC3(CCCCC3)C2)CC(C)O1. The fourth-order valence-electron chi connectivity index (χ4n) is 4.94. The molecule has 3 fully saturated rings. The first-order valence-corrected chi connectivity index (χ1v) is 8.53. The summed E-state index contributed by atoms with van der Waals surface area (Å²) in [4.78, 5) is 0. The van der Waals surface area contributed by atoms with Crippen LogP contribution in [-0.2, 0) is 9.47 Å². The first-order chi connectivity index (χ1) is 9.51. The molecule has 0 aromatic heterocycles. The Kier molecular flexibility index (Phi) is 4.13. The molecular formula is C17H30O3. The molecule has 2 heterocycles. The minimum absolute atomic E-state index is 0.0850. The second-order valence-electron chi connectivity index (χ2n) is 7.55. The summed E-state index contributed by atoms with van der Waals surface area (Å²) in [5.74, 6) is 0.392. The molecule has 3 unspecified atom stereocenters. The molecule has 1 spiro atoms. The van der Waals surface area contributed by atoms with Crippen molar-refractivity contribution in [3.8, 4) is 0 Å². The summed E-state index contributed by atoms with van der Waals surface area (Å²) in [6.07, 6.45) is 10.3. The second-order valence-corrected chi connectivity index (χ2v) is 7.55. The zero-order valence-electron chi connectivity index (χ0n) is 13.1. The van der Waals surface area contributed by atoms with Crippen LogP contribution in [0.3, 0.4) is 0 Å². The van der Waals surface area contributed by atoms with Crippen molar-refractivity contribution in [2.75, 3.05) is 6.61 Å². The van der Waals surface area contributed by atoms with E-state index < -0.39 is 5.60 Å². The van der Waals surface area contributed by atoms with Gasteiger partial charge in [0, 0.05) is 19.4 Å². The van der Waals surface area contributed by atoms with E-state index in [9.17, 15) is 5.11 Å². The maximum Gasteiger partial charge on any atom is 0.0726 e. The van der Waals surface area contributed by atoms with Gasteiger partial charge in [0.15, 0.2) is 0 Å². The van der Waals surface area contributed by atoms with Crippen molar-refractivity contribution in [1.29, 1.82) is 0 Å². The van der Waals surface area contributed by atoms with E-state index in [0.717, 1.165) is 32.3 Å². The highest BCUT2D eigenvalue weighted by atomic mass is 16.5. The fraction of sp³-hybridized carbons (Fsp3) is 1.00. The van der Waals surface area contributed by atoms with Crippen LogP contribution in [-0.4, -0.2) is 35.1 Å². The second kappa shape index (κ2) is 5.58. The zero-order valence-corrected chi connectivity index (χ0v) is 13.1. The normalized spacial score (nSPS) is 45.5. The van der Waals surface area contributed by atoms with Crippen LogP contribution in [0, 0.1) is 5.92 Å². The molecule has 3 aliphatic rings. The van der Waals surface area contributed by atoms with Crippen molar-refractivity contribution in [3.63, 3.8) is 0 Å². The summed E-state index contributed by atoms with van der Waals surface area (Å²) in [6, 6.07) is 0. The molecule has 2 saturated heterocycles. The van der Waals surface area contributed by atoms with Gasteiger partial charge in [0.25, 0.3) is 0 Å². The molecule has 0 aromatic rings. The molecule has 0 aromatic carbocycles. The van der Waals surface area contributed by atoms with Crippen molar-refractivity contribution < 1.29 is 14.6 Å². The number of rotatable bonds is 1. The third-order valence-corrected chi connectivity index (χ3v) is 5.76. The molecule has 1 aliphatic carbocycles. The van der Waals surface area contributed by atoms with Gasteiger partial charge in [-0.05, 0) is 45.4 Å². The lowest BCUT2D eigenvalue weighted by molar-refractivity contribution is -0.197. The Morgan fingerprint density at radius 1 is 0.950 bits per heavy atom. The van der Waals surface area contributed by atoms with Gasteiger partial charge in [-0.2, -0.15) is 0 Å². The smallest absolute Gasteiger partial charge is 0.0726 e. The van der Waals surface area contributed by atoms with Gasteiger partial charge in [-0.25, -0.2) is 0 Å². The van der Waals surface area contributed by atoms with Crippen LogP contribution in [0.1, 0.15) is 71.6 Å². The van der Waals surface area contributed by atoms with E-state index in [0.29, 0.717) is 5.92 Å². The molecule has 3 atom stereocenters. The van der Waals surface area contributed by atoms with Gasteiger partial charge in [-0.15, -0.1) is 0 Å². The van der Waals surface area contributed by atoms with Crippen molar-refractivity contribution >= 4 is 0 Å². The Hall–Kier alpha value is -0.120. The lowest BCUT2D eigenvalue weighted by atomic mass is 9.67. The average molecular weight is 282 g/mol. The standard InChI is InChI=1S/C17H30O3/c1-13-10-17(18,11-14(2)20-13)15-6-9-19-16(12-15)7-4-3-5-8-16/h13-15,18H,3-12H2,1-2H3. The molecule has 3 heteroatoms. The van der Waals surface area contributed by atoms with Gasteiger partial charge in [-0.1, -0.05) is 19.3 Å². The molecular weight excluding hydrogens is 252 g/mol. The quantitative estimate of drug-likeness (QED) is 0.800. The lowest BCUT2D eigenvalue weighted by Crippen LogP contribution is -2.54. The van der Waals surface area contributed by atoms with Gasteiger partial charge >= 0.3 is 0 Å². The Bertz CT molecular complexity index is 320. The maximum absolute atomic E-state index is 11.2. The van der Waals surface area contributed by atoms with E-state index in [-0.39, 0.29) is 17.8 Å². The Labute approximate surface area is 123 Å². The summed E-state index contributed by atoms with van der Waals surface area (Å²) in [7, 11) is 0. The lowest BCUT2D eigenvalue weighted by Gasteiger charge is -2.51. The first kappa shape index (κ1) is 14.8. The Morgan fingerprint density at radius 2 is 1.60 bits per heavy atom. The van der Waals surface area contributed by atoms with Gasteiger partial charge in [0.1, 0.15) is 0 Å². The maximum atomic E-state index is 11.2. The Morgan fingerprint density at radius 3 is 2.25 bits per heavy atom. The van der Waals surface area contributed by atoms with E-state index in [2.05, 4.69) is 13.8 Å². The van der Waals surface area contributed by atoms with Crippen LogP contribution in [0.5, 0.6) is 0 Å². The number of hydrogen-bond acceptors (Lipinski definition) is 3. The van der Waals surface area contributed by atoms with E-state index in [1.807, 2.05) is 0 Å². The molecule has 3 nitrogen and oxygen atoms in total. The fourth-order valence-corrected chi connectivity index (χ4v) is 4.94. The summed E-state index contributed by atoms with van der Waals surface area (Å²) in [6.45, 7) is 5.02. The molecule has 1 saturated carbocycles. The highest BCUT2D eigenvalue weighted by Gasteiger charge is 2.48. The van der Waals surface area contributed by atoms with Gasteiger partial charge < -0.3 is 14.6 Å². The molecule has 2 aliphatic heterocycles. The van der Waals surface area contributed by atoms with E-state index in [1.165, 1.54) is 32.1 Å². The van der Waals surface area contributed by atoms with Crippen LogP contribution in [0.15, 0.2) is 0 Å². The third-order valence-electron chi connectivity index (χ3n) is 5.76. The molecule has 0 radical (unpaired) electrons. The van der Waals surface area contributed by atoms with Crippen LogP contribution in [0.2, 0.25) is 0 Å². The van der Waals surface area contributed by atoms with Crippen molar-refractivity contribution in [2.45, 2.75) is 95.0 Å². The monoisotopic (exact) mass is 282 g/mol. The van der Waals surface area contributed by atoms with E-state index in [4.69, 9.17) is 9.47 Å². The molecule has 116 valence electrons. The predicted octanol–water partition coefficient (Wildman–Crippen LogP) is 3.43. The Balaban J connectivity index is 1.72. The van der Waals surface area contributed by atoms with Crippen molar-refractivity contribution in [2.24, 2.45) is 5.92 Å². The van der Waals surface area contributed by atoms with E-state index in [1.54, 1.807) is 0 Å². The van der Waals surface area contributed by atoms with Gasteiger partial charge in [0.05, 0.1) is 23.4 Å². The minimum atomic E-state index is -0.536. The number of hydrogen-bond donors (Lipinski definition) is 1. The van der Waals surface area contributed by atoms with Crippen molar-refractivity contribution in [3.05, 3.63) is 0 Å². The van der Waals surface area contributed by atoms with Crippen LogP contribution >= 0.6 is 0 Å². The van der Waals surface area contributed by atoms with Crippen LogP contribution in [0.25, 0.3) is 0 Å². The summed E-state index contributed by atoms with van der Waals surface area (Å²) in [5, 5.41) is 11.2. The minimum Gasteiger partial charge on any atom is -0.389 e. The van der Waals surface area contributed by atoms with Crippen LogP contribution < -0.4 is 0 Å². The average Bonchev–Trinajstić information content (AvgIpc) is 2.38.